The van der Waals surface area contributed by atoms with E-state index < -0.39 is 11.2 Å². The Labute approximate surface area is 45.1 Å². The number of hydrogen-bond acceptors (Lipinski definition) is 4. The molecular weight excluding hydrogens is 112 g/mol. The lowest BCUT2D eigenvalue weighted by Gasteiger charge is -1.94. The Kier molecular flexibility index (Phi) is 1.11. The lowest BCUT2D eigenvalue weighted by atomic mass is 10.6. The Bertz CT molecular complexity index is 124. The van der Waals surface area contributed by atoms with Gasteiger partial charge in [-0.25, -0.2) is 4.99 Å². The molecule has 42 valence electrons. The topological polar surface area (TPSA) is 64.7 Å². The minimum atomic E-state index is -1.19. The second kappa shape index (κ2) is 1.77. The van der Waals surface area contributed by atoms with Crippen LogP contribution in [0.2, 0.25) is 0 Å². The van der Waals surface area contributed by atoms with E-state index in [4.69, 9.17) is 0 Å². The van der Waals surface area contributed by atoms with E-state index in [0.29, 0.717) is 0 Å². The van der Waals surface area contributed by atoms with Crippen LogP contribution in [0.1, 0.15) is 0 Å². The maximum Gasteiger partial charge on any atom is 0.386 e. The molecule has 0 aromatic rings. The summed E-state index contributed by atoms with van der Waals surface area (Å²) in [4.78, 5) is 12.4. The molecule has 1 aliphatic rings. The second-order valence-corrected chi connectivity index (χ2v) is 1.14. The van der Waals surface area contributed by atoms with E-state index in [9.17, 15) is 10.1 Å². The van der Waals surface area contributed by atoms with E-state index in [1.54, 1.807) is 0 Å². The molecule has 0 saturated heterocycles. The first-order valence-corrected chi connectivity index (χ1v) is 1.87. The summed E-state index contributed by atoms with van der Waals surface area (Å²) in [5.41, 5.74) is 0. The van der Waals surface area contributed by atoms with Gasteiger partial charge in [-0.1, -0.05) is 0 Å². The molecule has 0 aromatic heterocycles. The zero-order chi connectivity index (χ0) is 5.98. The minimum Gasteiger partial charge on any atom is -0.417 e. The highest BCUT2D eigenvalue weighted by molar-refractivity contribution is 5.49. The van der Waals surface area contributed by atoms with Crippen LogP contribution in [0.5, 0.6) is 0 Å². The van der Waals surface area contributed by atoms with Crippen molar-refractivity contribution in [3.8, 4) is 0 Å². The summed E-state index contributed by atoms with van der Waals surface area (Å²) in [5.74, 6) is 0. The average molecular weight is 114 g/mol. The molecule has 5 heteroatoms. The van der Waals surface area contributed by atoms with Crippen molar-refractivity contribution >= 4 is 6.40 Å². The molecule has 8 heavy (non-hydrogen) atoms. The third kappa shape index (κ3) is 0.749. The van der Waals surface area contributed by atoms with E-state index in [2.05, 4.69) is 16.3 Å². The van der Waals surface area contributed by atoms with Gasteiger partial charge in [-0.05, 0) is 0 Å². The van der Waals surface area contributed by atoms with Crippen LogP contribution in [0.15, 0.2) is 4.99 Å². The van der Waals surface area contributed by atoms with Crippen molar-refractivity contribution in [2.75, 3.05) is 0 Å². The standard InChI is InChI=1S/C3H2N2O3/c6-5(7)3-1-4-2-8-3/h2-3H. The van der Waals surface area contributed by atoms with Gasteiger partial charge in [0, 0.05) is 0 Å². The quantitative estimate of drug-likeness (QED) is 0.347. The fourth-order valence-electron chi connectivity index (χ4n) is 0.310. The van der Waals surface area contributed by atoms with Gasteiger partial charge in [0.25, 0.3) is 0 Å². The largest absolute Gasteiger partial charge is 0.417 e. The highest BCUT2D eigenvalue weighted by atomic mass is 16.7. The first-order valence-electron chi connectivity index (χ1n) is 1.87. The van der Waals surface area contributed by atoms with Crippen LogP contribution < -0.4 is 0 Å². The van der Waals surface area contributed by atoms with Crippen LogP contribution in [-0.4, -0.2) is 17.6 Å². The van der Waals surface area contributed by atoms with Gasteiger partial charge in [-0.3, -0.25) is 10.1 Å². The van der Waals surface area contributed by atoms with Gasteiger partial charge in [0.15, 0.2) is 6.40 Å². The summed E-state index contributed by atoms with van der Waals surface area (Å²) in [5, 5.41) is 9.74. The minimum absolute atomic E-state index is 0.618. The number of hydrogen-bond donors (Lipinski definition) is 0. The SMILES string of the molecule is O=[N+]([O-])C1[C]N=CO1. The molecular formula is C3H2N2O3. The predicted molar refractivity (Wildman–Crippen MR) is 23.6 cm³/mol. The summed E-state index contributed by atoms with van der Waals surface area (Å²) < 4.78 is 4.31. The molecule has 0 fully saturated rings. The van der Waals surface area contributed by atoms with Crippen molar-refractivity contribution in [3.05, 3.63) is 16.7 Å². The van der Waals surface area contributed by atoms with Crippen molar-refractivity contribution in [1.29, 1.82) is 0 Å². The molecule has 1 rings (SSSR count). The zero-order valence-electron chi connectivity index (χ0n) is 3.77. The first kappa shape index (κ1) is 5.02. The molecule has 1 unspecified atom stereocenters. The second-order valence-electron chi connectivity index (χ2n) is 1.14. The Hall–Kier alpha value is -1.13. The maximum absolute atomic E-state index is 9.74. The van der Waals surface area contributed by atoms with Crippen LogP contribution >= 0.6 is 0 Å². The van der Waals surface area contributed by atoms with Crippen LogP contribution in [-0.2, 0) is 4.74 Å². The monoisotopic (exact) mass is 114 g/mol. The average Bonchev–Trinajstić information content (AvgIpc) is 2.12. The van der Waals surface area contributed by atoms with Gasteiger partial charge in [0.1, 0.15) is 0 Å². The molecule has 0 N–H and O–H groups in total. The summed E-state index contributed by atoms with van der Waals surface area (Å²) in [6.45, 7) is 2.10. The molecule has 0 aromatic carbocycles. The maximum atomic E-state index is 9.74. The van der Waals surface area contributed by atoms with E-state index >= 15 is 0 Å². The van der Waals surface area contributed by atoms with Crippen molar-refractivity contribution in [1.82, 2.24) is 0 Å². The van der Waals surface area contributed by atoms with Crippen LogP contribution in [0.3, 0.4) is 0 Å². The Balaban J connectivity index is 2.41. The van der Waals surface area contributed by atoms with Gasteiger partial charge >= 0.3 is 6.23 Å². The van der Waals surface area contributed by atoms with Gasteiger partial charge in [0.2, 0.25) is 6.54 Å². The van der Waals surface area contributed by atoms with Crippen LogP contribution in [0.4, 0.5) is 0 Å². The van der Waals surface area contributed by atoms with Crippen LogP contribution in [0, 0.1) is 16.7 Å². The highest BCUT2D eigenvalue weighted by Crippen LogP contribution is 2.02. The smallest absolute Gasteiger partial charge is 0.386 e. The normalized spacial score (nSPS) is 25.2. The Morgan fingerprint density at radius 2 is 2.75 bits per heavy atom. The zero-order valence-corrected chi connectivity index (χ0v) is 3.77. The summed E-state index contributed by atoms with van der Waals surface area (Å²) in [6.07, 6.45) is -0.192. The number of nitrogens with zero attached hydrogens (tertiary/aromatic N) is 2. The van der Waals surface area contributed by atoms with Gasteiger partial charge in [-0.15, -0.1) is 0 Å². The molecule has 1 atom stereocenters. The van der Waals surface area contributed by atoms with Gasteiger partial charge in [0.05, 0.1) is 4.92 Å². The number of rotatable bonds is 1. The molecule has 0 spiro atoms. The Morgan fingerprint density at radius 3 is 3.00 bits per heavy atom. The molecule has 5 nitrogen and oxygen atoms in total. The van der Waals surface area contributed by atoms with Crippen molar-refractivity contribution in [2.24, 2.45) is 4.99 Å². The predicted octanol–water partition coefficient (Wildman–Crippen LogP) is -0.314. The highest BCUT2D eigenvalue weighted by Gasteiger charge is 2.24. The summed E-state index contributed by atoms with van der Waals surface area (Å²) >= 11 is 0. The van der Waals surface area contributed by atoms with Crippen LogP contribution in [0.25, 0.3) is 0 Å². The van der Waals surface area contributed by atoms with Gasteiger partial charge in [-0.2, -0.15) is 0 Å². The fraction of sp³-hybridized carbons (Fsp3) is 0.333. The lowest BCUT2D eigenvalue weighted by Crippen LogP contribution is -2.17. The van der Waals surface area contributed by atoms with E-state index in [1.807, 2.05) is 0 Å². The van der Waals surface area contributed by atoms with E-state index in [0.717, 1.165) is 6.40 Å². The molecule has 1 heterocycles. The Morgan fingerprint density at radius 1 is 2.00 bits per heavy atom. The molecule has 0 amide bonds. The fourth-order valence-corrected chi connectivity index (χ4v) is 0.310. The molecule has 0 bridgehead atoms. The third-order valence-corrected chi connectivity index (χ3v) is 0.619. The summed E-state index contributed by atoms with van der Waals surface area (Å²) in [7, 11) is 0. The van der Waals surface area contributed by atoms with Crippen molar-refractivity contribution in [2.45, 2.75) is 6.23 Å². The third-order valence-electron chi connectivity index (χ3n) is 0.619. The first-order chi connectivity index (χ1) is 3.80. The summed E-state index contributed by atoms with van der Waals surface area (Å²) in [6, 6.07) is 0. The lowest BCUT2D eigenvalue weighted by molar-refractivity contribution is -0.552. The van der Waals surface area contributed by atoms with E-state index in [-0.39, 0.29) is 0 Å². The number of aliphatic imine (C=N–C) groups is 1. The molecule has 1 aliphatic heterocycles. The van der Waals surface area contributed by atoms with Crippen molar-refractivity contribution in [3.63, 3.8) is 0 Å². The molecule has 0 aliphatic carbocycles. The van der Waals surface area contributed by atoms with Gasteiger partial charge < -0.3 is 4.74 Å². The molecule has 2 radical (unpaired) electrons. The van der Waals surface area contributed by atoms with E-state index in [1.165, 1.54) is 0 Å². The molecule has 0 saturated carbocycles. The van der Waals surface area contributed by atoms with Crippen molar-refractivity contribution < 1.29 is 9.66 Å². The number of ether oxygens (including phenoxy) is 1. The number of nitro groups is 1.